The number of nitrogens with zero attached hydrogens (tertiary/aromatic N) is 2. The number of rotatable bonds is 8. The molecular formula is C22H22Cl2N4O5S3. The predicted octanol–water partition coefficient (Wildman–Crippen LogP) is 2.85. The number of nitrogens with one attached hydrogen (secondary N) is 1. The van der Waals surface area contributed by atoms with E-state index in [9.17, 15) is 21.6 Å². The summed E-state index contributed by atoms with van der Waals surface area (Å²) >= 11 is 12.9. The maximum atomic E-state index is 13.5. The molecule has 1 fully saturated rings. The minimum atomic E-state index is -4.32. The Balaban J connectivity index is 1.70. The zero-order valence-electron chi connectivity index (χ0n) is 18.7. The molecule has 1 amide bonds. The highest BCUT2D eigenvalue weighted by Gasteiger charge is 2.49. The van der Waals surface area contributed by atoms with Crippen molar-refractivity contribution in [2.75, 3.05) is 13.1 Å². The van der Waals surface area contributed by atoms with Gasteiger partial charge in [0.2, 0.25) is 10.0 Å². The quantitative estimate of drug-likeness (QED) is 0.416. The van der Waals surface area contributed by atoms with Gasteiger partial charge in [-0.2, -0.15) is 8.61 Å². The van der Waals surface area contributed by atoms with Gasteiger partial charge in [0.1, 0.15) is 4.21 Å². The van der Waals surface area contributed by atoms with Crippen molar-refractivity contribution >= 4 is 60.5 Å². The largest absolute Gasteiger partial charge is 0.349 e. The van der Waals surface area contributed by atoms with Gasteiger partial charge in [-0.25, -0.2) is 16.8 Å². The van der Waals surface area contributed by atoms with Crippen LogP contribution in [0.15, 0.2) is 69.1 Å². The normalized spacial score (nSPS) is 17.4. The number of amides is 1. The first-order chi connectivity index (χ1) is 17.1. The molecule has 1 atom stereocenters. The third kappa shape index (κ3) is 5.31. The first kappa shape index (κ1) is 27.0. The molecule has 1 aliphatic rings. The Morgan fingerprint density at radius 3 is 2.28 bits per heavy atom. The molecule has 0 radical (unpaired) electrons. The number of hydrogen-bond donors (Lipinski definition) is 2. The summed E-state index contributed by atoms with van der Waals surface area (Å²) in [6.07, 6.45) is -1.64. The van der Waals surface area contributed by atoms with Crippen molar-refractivity contribution in [2.24, 2.45) is 5.73 Å². The number of carbonyl (C=O) groups is 1. The Hall–Kier alpha value is -2.03. The SMILES string of the molecule is NCc1cccc(CNC(=O)C2N(S(=O)(=O)c3ccc(Cl)c(Cl)c3)CCN2S(=O)(=O)c2cccs2)c1. The van der Waals surface area contributed by atoms with E-state index in [4.69, 9.17) is 28.9 Å². The molecular weight excluding hydrogens is 567 g/mol. The Morgan fingerprint density at radius 1 is 0.944 bits per heavy atom. The van der Waals surface area contributed by atoms with E-state index in [1.807, 2.05) is 6.07 Å². The van der Waals surface area contributed by atoms with Gasteiger partial charge in [0.05, 0.1) is 14.9 Å². The molecule has 0 spiro atoms. The highest BCUT2D eigenvalue weighted by molar-refractivity contribution is 7.91. The van der Waals surface area contributed by atoms with Crippen LogP contribution in [0.2, 0.25) is 10.0 Å². The summed E-state index contributed by atoms with van der Waals surface area (Å²) in [7, 11) is -8.47. The van der Waals surface area contributed by atoms with E-state index in [2.05, 4.69) is 5.32 Å². The van der Waals surface area contributed by atoms with E-state index in [1.54, 1.807) is 29.6 Å². The summed E-state index contributed by atoms with van der Waals surface area (Å²) < 4.78 is 55.6. The minimum absolute atomic E-state index is 0.00438. The van der Waals surface area contributed by atoms with Crippen LogP contribution in [0.1, 0.15) is 11.1 Å². The number of thiophene rings is 1. The first-order valence-electron chi connectivity index (χ1n) is 10.6. The average molecular weight is 590 g/mol. The van der Waals surface area contributed by atoms with Gasteiger partial charge in [0.15, 0.2) is 6.17 Å². The second-order valence-corrected chi connectivity index (χ2v) is 13.6. The van der Waals surface area contributed by atoms with Crippen LogP contribution in [0.3, 0.4) is 0 Å². The molecule has 3 N–H and O–H groups in total. The fraction of sp³-hybridized carbons (Fsp3) is 0.227. The van der Waals surface area contributed by atoms with Crippen molar-refractivity contribution < 1.29 is 21.6 Å². The van der Waals surface area contributed by atoms with Crippen LogP contribution in [-0.2, 0) is 37.9 Å². The van der Waals surface area contributed by atoms with E-state index in [0.29, 0.717) is 6.54 Å². The summed E-state index contributed by atoms with van der Waals surface area (Å²) in [6.45, 7) is -0.0703. The number of halogens is 2. The van der Waals surface area contributed by atoms with Crippen LogP contribution in [-0.4, -0.2) is 50.6 Å². The van der Waals surface area contributed by atoms with Gasteiger partial charge < -0.3 is 11.1 Å². The zero-order valence-corrected chi connectivity index (χ0v) is 22.6. The summed E-state index contributed by atoms with van der Waals surface area (Å²) in [6, 6.07) is 13.9. The fourth-order valence-electron chi connectivity index (χ4n) is 3.80. The lowest BCUT2D eigenvalue weighted by Gasteiger charge is -2.28. The van der Waals surface area contributed by atoms with Crippen LogP contribution in [0, 0.1) is 0 Å². The molecule has 3 aromatic rings. The van der Waals surface area contributed by atoms with Crippen LogP contribution < -0.4 is 11.1 Å². The number of sulfonamides is 2. The monoisotopic (exact) mass is 588 g/mol. The number of carbonyl (C=O) groups excluding carboxylic acids is 1. The van der Waals surface area contributed by atoms with Gasteiger partial charge >= 0.3 is 0 Å². The molecule has 36 heavy (non-hydrogen) atoms. The lowest BCUT2D eigenvalue weighted by Crippen LogP contribution is -2.53. The van der Waals surface area contributed by atoms with Gasteiger partial charge in [-0.1, -0.05) is 53.5 Å². The summed E-state index contributed by atoms with van der Waals surface area (Å²) in [5.41, 5.74) is 7.26. The maximum absolute atomic E-state index is 13.5. The molecule has 4 rings (SSSR count). The summed E-state index contributed by atoms with van der Waals surface area (Å²) in [4.78, 5) is 13.2. The maximum Gasteiger partial charge on any atom is 0.254 e. The number of hydrogen-bond acceptors (Lipinski definition) is 7. The van der Waals surface area contributed by atoms with Gasteiger partial charge in [-0.3, -0.25) is 4.79 Å². The summed E-state index contributed by atoms with van der Waals surface area (Å²) in [5, 5.41) is 4.44. The average Bonchev–Trinajstić information content (AvgIpc) is 3.56. The Kier molecular flexibility index (Phi) is 8.07. The third-order valence-corrected chi connectivity index (χ3v) is 11.4. The van der Waals surface area contributed by atoms with E-state index in [0.717, 1.165) is 31.1 Å². The molecule has 1 unspecified atom stereocenters. The lowest BCUT2D eigenvalue weighted by atomic mass is 10.1. The number of benzene rings is 2. The highest BCUT2D eigenvalue weighted by atomic mass is 35.5. The van der Waals surface area contributed by atoms with Crippen molar-refractivity contribution in [3.63, 3.8) is 0 Å². The van der Waals surface area contributed by atoms with Gasteiger partial charge in [0, 0.05) is 26.2 Å². The van der Waals surface area contributed by atoms with E-state index < -0.39 is 32.1 Å². The summed E-state index contributed by atoms with van der Waals surface area (Å²) in [5.74, 6) is -0.783. The standard InChI is InChI=1S/C22H22Cl2N4O5S3/c23-18-7-6-17(12-19(18)24)35(30,31)27-8-9-28(36(32,33)20-5-2-10-34-20)22(27)21(29)26-14-16-4-1-3-15(11-16)13-25/h1-7,10-12,22H,8-9,13-14,25H2,(H,26,29). The molecule has 0 bridgehead atoms. The first-order valence-corrected chi connectivity index (χ1v) is 15.1. The van der Waals surface area contributed by atoms with Gasteiger partial charge in [-0.15, -0.1) is 11.3 Å². The smallest absolute Gasteiger partial charge is 0.254 e. The fourth-order valence-corrected chi connectivity index (χ4v) is 8.46. The molecule has 2 aromatic carbocycles. The second-order valence-electron chi connectivity index (χ2n) is 7.86. The molecule has 192 valence electrons. The van der Waals surface area contributed by atoms with E-state index in [-0.39, 0.29) is 38.8 Å². The van der Waals surface area contributed by atoms with Crippen LogP contribution in [0.4, 0.5) is 0 Å². The zero-order chi connectivity index (χ0) is 26.1. The van der Waals surface area contributed by atoms with Crippen LogP contribution >= 0.6 is 34.5 Å². The topological polar surface area (TPSA) is 130 Å². The van der Waals surface area contributed by atoms with Crippen molar-refractivity contribution in [2.45, 2.75) is 28.4 Å². The molecule has 2 heterocycles. The van der Waals surface area contributed by atoms with Crippen LogP contribution in [0.25, 0.3) is 0 Å². The minimum Gasteiger partial charge on any atom is -0.349 e. The second kappa shape index (κ2) is 10.8. The molecule has 14 heteroatoms. The van der Waals surface area contributed by atoms with Crippen molar-refractivity contribution in [1.29, 1.82) is 0 Å². The Morgan fingerprint density at radius 2 is 1.64 bits per heavy atom. The molecule has 1 aliphatic heterocycles. The third-order valence-electron chi connectivity index (χ3n) is 5.57. The van der Waals surface area contributed by atoms with Crippen molar-refractivity contribution in [3.05, 3.63) is 81.1 Å². The van der Waals surface area contributed by atoms with E-state index >= 15 is 0 Å². The number of nitrogens with two attached hydrogens (primary N) is 1. The lowest BCUT2D eigenvalue weighted by molar-refractivity contribution is -0.126. The molecule has 1 saturated heterocycles. The highest BCUT2D eigenvalue weighted by Crippen LogP contribution is 2.33. The molecule has 0 saturated carbocycles. The molecule has 1 aromatic heterocycles. The van der Waals surface area contributed by atoms with Crippen molar-refractivity contribution in [3.8, 4) is 0 Å². The molecule has 9 nitrogen and oxygen atoms in total. The Labute approximate surface area is 223 Å². The van der Waals surface area contributed by atoms with Gasteiger partial charge in [0.25, 0.3) is 15.9 Å². The van der Waals surface area contributed by atoms with Gasteiger partial charge in [-0.05, 0) is 40.8 Å². The van der Waals surface area contributed by atoms with Crippen LogP contribution in [0.5, 0.6) is 0 Å². The molecule has 0 aliphatic carbocycles. The Bertz CT molecular complexity index is 1480. The predicted molar refractivity (Wildman–Crippen MR) is 139 cm³/mol. The van der Waals surface area contributed by atoms with Crippen molar-refractivity contribution in [1.82, 2.24) is 13.9 Å². The van der Waals surface area contributed by atoms with E-state index in [1.165, 1.54) is 24.3 Å².